The predicted octanol–water partition coefficient (Wildman–Crippen LogP) is 5.21. The van der Waals surface area contributed by atoms with Gasteiger partial charge in [-0.25, -0.2) is 14.4 Å². The van der Waals surface area contributed by atoms with Crippen molar-refractivity contribution in [3.05, 3.63) is 95.7 Å². The molecule has 30 heavy (non-hydrogen) atoms. The van der Waals surface area contributed by atoms with E-state index in [4.69, 9.17) is 0 Å². The van der Waals surface area contributed by atoms with Crippen molar-refractivity contribution < 1.29 is 9.18 Å². The third kappa shape index (κ3) is 4.07. The summed E-state index contributed by atoms with van der Waals surface area (Å²) < 4.78 is 13.5. The first-order chi connectivity index (χ1) is 14.5. The van der Waals surface area contributed by atoms with Crippen molar-refractivity contribution in [2.45, 2.75) is 13.8 Å². The molecule has 1 amide bonds. The molecule has 0 aliphatic carbocycles. The van der Waals surface area contributed by atoms with Crippen molar-refractivity contribution in [3.8, 4) is 22.6 Å². The van der Waals surface area contributed by atoms with Gasteiger partial charge in [-0.1, -0.05) is 29.8 Å². The zero-order valence-corrected chi connectivity index (χ0v) is 16.6. The van der Waals surface area contributed by atoms with Crippen LogP contribution in [0.5, 0.6) is 0 Å². The van der Waals surface area contributed by atoms with Gasteiger partial charge in [0.05, 0.1) is 11.3 Å². The fourth-order valence-corrected chi connectivity index (χ4v) is 3.04. The molecule has 0 bridgehead atoms. The molecule has 0 unspecified atom stereocenters. The predicted molar refractivity (Wildman–Crippen MR) is 115 cm³/mol. The fraction of sp³-hybridized carbons (Fsp3) is 0.0833. The number of hydrogen-bond donors (Lipinski definition) is 1. The standard InChI is InChI=1S/C24H19FN4O/c1-15-3-5-18(6-4-15)23-27-14-20(22(29-23)17-9-11-26-12-10-17)24(30)28-19-7-8-21(25)16(2)13-19/h3-14H,1-2H3,(H,28,30). The Labute approximate surface area is 173 Å². The van der Waals surface area contributed by atoms with Crippen LogP contribution in [0, 0.1) is 19.7 Å². The van der Waals surface area contributed by atoms with E-state index < -0.39 is 0 Å². The summed E-state index contributed by atoms with van der Waals surface area (Å²) in [5.41, 5.74) is 4.52. The average molecular weight is 398 g/mol. The lowest BCUT2D eigenvalue weighted by atomic mass is 10.1. The van der Waals surface area contributed by atoms with Crippen molar-refractivity contribution in [2.24, 2.45) is 0 Å². The summed E-state index contributed by atoms with van der Waals surface area (Å²) in [6.45, 7) is 3.66. The highest BCUT2D eigenvalue weighted by molar-refractivity contribution is 6.08. The second kappa shape index (κ2) is 8.21. The molecule has 0 spiro atoms. The monoisotopic (exact) mass is 398 g/mol. The SMILES string of the molecule is Cc1ccc(-c2ncc(C(=O)Nc3ccc(F)c(C)c3)c(-c3ccncc3)n2)cc1. The van der Waals surface area contributed by atoms with Crippen LogP contribution in [0.25, 0.3) is 22.6 Å². The number of nitrogens with one attached hydrogen (secondary N) is 1. The molecule has 0 atom stereocenters. The zero-order valence-electron chi connectivity index (χ0n) is 16.6. The van der Waals surface area contributed by atoms with Gasteiger partial charge in [-0.05, 0) is 49.7 Å². The maximum absolute atomic E-state index is 13.5. The first-order valence-corrected chi connectivity index (χ1v) is 9.43. The van der Waals surface area contributed by atoms with Crippen LogP contribution in [0.4, 0.5) is 10.1 Å². The lowest BCUT2D eigenvalue weighted by Crippen LogP contribution is -2.15. The lowest BCUT2D eigenvalue weighted by Gasteiger charge is -2.12. The molecule has 1 N–H and O–H groups in total. The maximum atomic E-state index is 13.5. The number of halogens is 1. The van der Waals surface area contributed by atoms with Gasteiger partial charge >= 0.3 is 0 Å². The Hall–Kier alpha value is -3.93. The first-order valence-electron chi connectivity index (χ1n) is 9.43. The van der Waals surface area contributed by atoms with Crippen molar-refractivity contribution >= 4 is 11.6 Å². The Balaban J connectivity index is 1.75. The highest BCUT2D eigenvalue weighted by Gasteiger charge is 2.17. The average Bonchev–Trinajstić information content (AvgIpc) is 2.77. The Morgan fingerprint density at radius 1 is 0.933 bits per heavy atom. The number of carbonyl (C=O) groups excluding carboxylic acids is 1. The first kappa shape index (κ1) is 19.4. The molecular weight excluding hydrogens is 379 g/mol. The Morgan fingerprint density at radius 2 is 1.67 bits per heavy atom. The van der Waals surface area contributed by atoms with Crippen LogP contribution in [-0.2, 0) is 0 Å². The minimum Gasteiger partial charge on any atom is -0.322 e. The number of rotatable bonds is 4. The van der Waals surface area contributed by atoms with Gasteiger partial charge in [-0.15, -0.1) is 0 Å². The molecular formula is C24H19FN4O. The molecule has 0 fully saturated rings. The Kier molecular flexibility index (Phi) is 5.30. The Morgan fingerprint density at radius 3 is 2.37 bits per heavy atom. The summed E-state index contributed by atoms with van der Waals surface area (Å²) in [4.78, 5) is 26.1. The second-order valence-electron chi connectivity index (χ2n) is 6.98. The zero-order chi connectivity index (χ0) is 21.1. The summed E-state index contributed by atoms with van der Waals surface area (Å²) in [5.74, 6) is -0.171. The van der Waals surface area contributed by atoms with E-state index >= 15 is 0 Å². The molecule has 2 aromatic carbocycles. The summed E-state index contributed by atoms with van der Waals surface area (Å²) >= 11 is 0. The van der Waals surface area contributed by atoms with Gasteiger partial charge < -0.3 is 5.32 Å². The Bertz CT molecular complexity index is 1210. The van der Waals surface area contributed by atoms with E-state index in [1.54, 1.807) is 37.5 Å². The van der Waals surface area contributed by atoms with Crippen molar-refractivity contribution in [2.75, 3.05) is 5.32 Å². The van der Waals surface area contributed by atoms with E-state index in [2.05, 4.69) is 20.3 Å². The minimum atomic E-state index is -0.372. The molecule has 6 heteroatoms. The molecule has 0 saturated carbocycles. The molecule has 0 saturated heterocycles. The number of aromatic nitrogens is 3. The van der Waals surface area contributed by atoms with Gasteiger partial charge in [0.1, 0.15) is 5.82 Å². The maximum Gasteiger partial charge on any atom is 0.259 e. The highest BCUT2D eigenvalue weighted by Crippen LogP contribution is 2.25. The van der Waals surface area contributed by atoms with Crippen LogP contribution in [0.1, 0.15) is 21.5 Å². The molecule has 2 heterocycles. The quantitative estimate of drug-likeness (QED) is 0.512. The topological polar surface area (TPSA) is 67.8 Å². The fourth-order valence-electron chi connectivity index (χ4n) is 3.04. The largest absolute Gasteiger partial charge is 0.322 e. The molecule has 148 valence electrons. The van der Waals surface area contributed by atoms with Gasteiger partial charge in [0.25, 0.3) is 5.91 Å². The van der Waals surface area contributed by atoms with Crippen LogP contribution in [0.3, 0.4) is 0 Å². The smallest absolute Gasteiger partial charge is 0.259 e. The minimum absolute atomic E-state index is 0.319. The molecule has 5 nitrogen and oxygen atoms in total. The number of benzene rings is 2. The van der Waals surface area contributed by atoms with Gasteiger partial charge in [-0.3, -0.25) is 9.78 Å². The van der Waals surface area contributed by atoms with E-state index in [0.29, 0.717) is 28.3 Å². The number of hydrogen-bond acceptors (Lipinski definition) is 4. The van der Waals surface area contributed by atoms with Crippen LogP contribution >= 0.6 is 0 Å². The summed E-state index contributed by atoms with van der Waals surface area (Å²) in [6, 6.07) is 15.9. The van der Waals surface area contributed by atoms with Crippen molar-refractivity contribution in [1.29, 1.82) is 0 Å². The number of aryl methyl sites for hydroxylation is 2. The number of amides is 1. The number of nitrogens with zero attached hydrogens (tertiary/aromatic N) is 3. The summed E-state index contributed by atoms with van der Waals surface area (Å²) in [7, 11) is 0. The summed E-state index contributed by atoms with van der Waals surface area (Å²) in [5, 5.41) is 2.80. The van der Waals surface area contributed by atoms with E-state index in [0.717, 1.165) is 16.7 Å². The van der Waals surface area contributed by atoms with Crippen molar-refractivity contribution in [3.63, 3.8) is 0 Å². The van der Waals surface area contributed by atoms with Crippen LogP contribution in [-0.4, -0.2) is 20.9 Å². The lowest BCUT2D eigenvalue weighted by molar-refractivity contribution is 0.102. The molecule has 0 aliphatic rings. The van der Waals surface area contributed by atoms with E-state index in [1.807, 2.05) is 31.2 Å². The van der Waals surface area contributed by atoms with E-state index in [1.165, 1.54) is 18.3 Å². The molecule has 0 radical (unpaired) electrons. The van der Waals surface area contributed by atoms with Crippen molar-refractivity contribution in [1.82, 2.24) is 15.0 Å². The second-order valence-corrected chi connectivity index (χ2v) is 6.98. The molecule has 2 aromatic heterocycles. The van der Waals surface area contributed by atoms with E-state index in [-0.39, 0.29) is 11.7 Å². The molecule has 0 aliphatic heterocycles. The van der Waals surface area contributed by atoms with Gasteiger partial charge in [-0.2, -0.15) is 0 Å². The highest BCUT2D eigenvalue weighted by atomic mass is 19.1. The van der Waals surface area contributed by atoms with Gasteiger partial charge in [0.15, 0.2) is 5.82 Å². The third-order valence-corrected chi connectivity index (χ3v) is 4.71. The normalized spacial score (nSPS) is 10.6. The summed E-state index contributed by atoms with van der Waals surface area (Å²) in [6.07, 6.45) is 4.81. The number of anilines is 1. The van der Waals surface area contributed by atoms with Crippen LogP contribution in [0.2, 0.25) is 0 Å². The van der Waals surface area contributed by atoms with Gasteiger partial charge in [0.2, 0.25) is 0 Å². The van der Waals surface area contributed by atoms with Crippen LogP contribution < -0.4 is 5.32 Å². The van der Waals surface area contributed by atoms with E-state index in [9.17, 15) is 9.18 Å². The molecule has 4 aromatic rings. The van der Waals surface area contributed by atoms with Crippen LogP contribution in [0.15, 0.2) is 73.2 Å². The van der Waals surface area contributed by atoms with Gasteiger partial charge in [0, 0.05) is 35.4 Å². The number of carbonyl (C=O) groups is 1. The molecule has 4 rings (SSSR count). The third-order valence-electron chi connectivity index (χ3n) is 4.71. The number of pyridine rings is 1.